The number of benzene rings is 1. The second kappa shape index (κ2) is 5.80. The molecule has 0 radical (unpaired) electrons. The minimum absolute atomic E-state index is 0.138. The molecule has 1 heterocycles. The topological polar surface area (TPSA) is 23.6 Å². The second-order valence-electron chi connectivity index (χ2n) is 5.95. The van der Waals surface area contributed by atoms with Crippen molar-refractivity contribution in [3.63, 3.8) is 0 Å². The lowest BCUT2D eigenvalue weighted by Gasteiger charge is -2.28. The molecule has 0 spiro atoms. The molecule has 2 rings (SSSR count). The molecule has 2 unspecified atom stereocenters. The maximum Gasteiger partial charge on any atom is 0.248 e. The largest absolute Gasteiger partial charge is 0.341 e. The van der Waals surface area contributed by atoms with Crippen LogP contribution in [0, 0.1) is 0 Å². The van der Waals surface area contributed by atoms with Gasteiger partial charge in [-0.25, -0.2) is 0 Å². The molecule has 0 aromatic heterocycles. The Balaban J connectivity index is 2.21. The fourth-order valence-corrected chi connectivity index (χ4v) is 2.63. The molecule has 2 atom stereocenters. The fourth-order valence-electron chi connectivity index (χ4n) is 2.63. The Bertz CT molecular complexity index is 516. The number of nitrogens with zero attached hydrogens (tertiary/aromatic N) is 2. The van der Waals surface area contributed by atoms with Crippen molar-refractivity contribution in [2.45, 2.75) is 25.8 Å². The van der Waals surface area contributed by atoms with Crippen molar-refractivity contribution >= 4 is 5.91 Å². The van der Waals surface area contributed by atoms with Crippen LogP contribution in [0.3, 0.4) is 0 Å². The summed E-state index contributed by atoms with van der Waals surface area (Å²) in [5.41, 5.74) is 3.44. The van der Waals surface area contributed by atoms with Gasteiger partial charge in [-0.15, -0.1) is 0 Å². The van der Waals surface area contributed by atoms with E-state index in [4.69, 9.17) is 0 Å². The van der Waals surface area contributed by atoms with E-state index >= 15 is 0 Å². The van der Waals surface area contributed by atoms with Gasteiger partial charge >= 0.3 is 0 Å². The van der Waals surface area contributed by atoms with E-state index < -0.39 is 0 Å². The van der Waals surface area contributed by atoms with Crippen molar-refractivity contribution in [3.05, 3.63) is 47.0 Å². The Morgan fingerprint density at radius 2 is 1.85 bits per heavy atom. The summed E-state index contributed by atoms with van der Waals surface area (Å²) < 4.78 is 0. The van der Waals surface area contributed by atoms with E-state index in [9.17, 15) is 4.79 Å². The van der Waals surface area contributed by atoms with Gasteiger partial charge in [0.1, 0.15) is 0 Å². The lowest BCUT2D eigenvalue weighted by molar-refractivity contribution is -0.126. The molecule has 1 aromatic carbocycles. The predicted molar refractivity (Wildman–Crippen MR) is 82.7 cm³/mol. The van der Waals surface area contributed by atoms with E-state index in [1.807, 2.05) is 14.0 Å². The molecular weight excluding hydrogens is 248 g/mol. The Morgan fingerprint density at radius 3 is 2.35 bits per heavy atom. The Hall–Kier alpha value is -1.61. The molecule has 3 heteroatoms. The highest BCUT2D eigenvalue weighted by molar-refractivity contribution is 5.93. The summed E-state index contributed by atoms with van der Waals surface area (Å²) in [6.07, 6.45) is 2.09. The summed E-state index contributed by atoms with van der Waals surface area (Å²) in [7, 11) is 6.05. The molecule has 0 fully saturated rings. The number of hydrogen-bond donors (Lipinski definition) is 0. The molecule has 3 nitrogen and oxygen atoms in total. The van der Waals surface area contributed by atoms with Crippen LogP contribution in [0.15, 0.2) is 35.9 Å². The van der Waals surface area contributed by atoms with Gasteiger partial charge in [-0.3, -0.25) is 4.79 Å². The standard InChI is InChI=1S/C17H24N2O/c1-12-10-16(11-19(5)17(12)20)15-8-6-14(7-9-15)13(2)18(3)4/h6-10,13,16H,11H2,1-5H3. The smallest absolute Gasteiger partial charge is 0.248 e. The van der Waals surface area contributed by atoms with Crippen LogP contribution in [0.2, 0.25) is 0 Å². The molecule has 0 saturated heterocycles. The van der Waals surface area contributed by atoms with Gasteiger partial charge in [0.2, 0.25) is 5.91 Å². The van der Waals surface area contributed by atoms with Gasteiger partial charge < -0.3 is 9.80 Å². The first-order chi connectivity index (χ1) is 9.40. The third kappa shape index (κ3) is 2.93. The van der Waals surface area contributed by atoms with Crippen LogP contribution in [0.1, 0.15) is 36.9 Å². The molecule has 1 aromatic rings. The van der Waals surface area contributed by atoms with Crippen LogP contribution < -0.4 is 0 Å². The van der Waals surface area contributed by atoms with Crippen molar-refractivity contribution < 1.29 is 4.79 Å². The van der Waals surface area contributed by atoms with Crippen LogP contribution in [-0.2, 0) is 4.79 Å². The normalized spacial score (nSPS) is 21.1. The highest BCUT2D eigenvalue weighted by Crippen LogP contribution is 2.26. The molecule has 0 bridgehead atoms. The average Bonchev–Trinajstić information content (AvgIpc) is 2.43. The zero-order valence-electron chi connectivity index (χ0n) is 13.1. The molecule has 108 valence electrons. The van der Waals surface area contributed by atoms with Crippen molar-refractivity contribution in [1.82, 2.24) is 9.80 Å². The van der Waals surface area contributed by atoms with Crippen LogP contribution >= 0.6 is 0 Å². The first-order valence-electron chi connectivity index (χ1n) is 7.10. The summed E-state index contributed by atoms with van der Waals surface area (Å²) in [6, 6.07) is 9.18. The van der Waals surface area contributed by atoms with E-state index in [0.29, 0.717) is 12.0 Å². The highest BCUT2D eigenvalue weighted by Gasteiger charge is 2.23. The van der Waals surface area contributed by atoms with Gasteiger partial charge in [-0.1, -0.05) is 30.3 Å². The summed E-state index contributed by atoms with van der Waals surface area (Å²) in [6.45, 7) is 4.86. The van der Waals surface area contributed by atoms with Crippen molar-refractivity contribution in [2.75, 3.05) is 27.7 Å². The predicted octanol–water partition coefficient (Wildman–Crippen LogP) is 2.81. The Labute approximate surface area is 121 Å². The third-order valence-corrected chi connectivity index (χ3v) is 4.23. The zero-order chi connectivity index (χ0) is 14.9. The van der Waals surface area contributed by atoms with E-state index in [0.717, 1.165) is 12.1 Å². The second-order valence-corrected chi connectivity index (χ2v) is 5.95. The molecule has 20 heavy (non-hydrogen) atoms. The van der Waals surface area contributed by atoms with E-state index in [1.165, 1.54) is 11.1 Å². The minimum Gasteiger partial charge on any atom is -0.341 e. The van der Waals surface area contributed by atoms with Gasteiger partial charge in [0.15, 0.2) is 0 Å². The van der Waals surface area contributed by atoms with E-state index in [-0.39, 0.29) is 5.91 Å². The number of amides is 1. The maximum absolute atomic E-state index is 11.8. The molecule has 0 N–H and O–H groups in total. The number of carbonyl (C=O) groups is 1. The van der Waals surface area contributed by atoms with Gasteiger partial charge in [0, 0.05) is 31.1 Å². The van der Waals surface area contributed by atoms with Crippen LogP contribution in [0.5, 0.6) is 0 Å². The van der Waals surface area contributed by atoms with Crippen molar-refractivity contribution in [3.8, 4) is 0 Å². The zero-order valence-corrected chi connectivity index (χ0v) is 13.1. The van der Waals surface area contributed by atoms with Gasteiger partial charge in [0.05, 0.1) is 0 Å². The van der Waals surface area contributed by atoms with E-state index in [1.54, 1.807) is 4.90 Å². The molecule has 1 aliphatic rings. The fraction of sp³-hybridized carbons (Fsp3) is 0.471. The SMILES string of the molecule is CC1=CC(c2ccc(C(C)N(C)C)cc2)CN(C)C1=O. The Kier molecular flexibility index (Phi) is 4.29. The monoisotopic (exact) mass is 272 g/mol. The molecule has 0 aliphatic carbocycles. The first kappa shape index (κ1) is 14.8. The number of carbonyl (C=O) groups excluding carboxylic acids is 1. The maximum atomic E-state index is 11.8. The molecule has 1 aliphatic heterocycles. The molecular formula is C17H24N2O. The summed E-state index contributed by atoms with van der Waals surface area (Å²) in [4.78, 5) is 15.8. The summed E-state index contributed by atoms with van der Waals surface area (Å²) >= 11 is 0. The van der Waals surface area contributed by atoms with Gasteiger partial charge in [0.25, 0.3) is 0 Å². The number of rotatable bonds is 3. The number of likely N-dealkylation sites (N-methyl/N-ethyl adjacent to an activating group) is 1. The third-order valence-electron chi connectivity index (χ3n) is 4.23. The molecule has 1 amide bonds. The van der Waals surface area contributed by atoms with E-state index in [2.05, 4.69) is 56.3 Å². The quantitative estimate of drug-likeness (QED) is 0.844. The lowest BCUT2D eigenvalue weighted by atomic mass is 9.91. The summed E-state index contributed by atoms with van der Waals surface area (Å²) in [5.74, 6) is 0.445. The highest BCUT2D eigenvalue weighted by atomic mass is 16.2. The number of hydrogen-bond acceptors (Lipinski definition) is 2. The van der Waals surface area contributed by atoms with Crippen LogP contribution in [0.25, 0.3) is 0 Å². The summed E-state index contributed by atoms with van der Waals surface area (Å²) in [5, 5.41) is 0. The van der Waals surface area contributed by atoms with Crippen molar-refractivity contribution in [1.29, 1.82) is 0 Å². The van der Waals surface area contributed by atoms with Crippen molar-refractivity contribution in [2.24, 2.45) is 0 Å². The molecule has 0 saturated carbocycles. The lowest BCUT2D eigenvalue weighted by Crippen LogP contribution is -2.35. The van der Waals surface area contributed by atoms with Crippen LogP contribution in [-0.4, -0.2) is 43.4 Å². The van der Waals surface area contributed by atoms with Crippen LogP contribution in [0.4, 0.5) is 0 Å². The minimum atomic E-state index is 0.138. The van der Waals surface area contributed by atoms with Gasteiger partial charge in [-0.05, 0) is 39.1 Å². The van der Waals surface area contributed by atoms with Gasteiger partial charge in [-0.2, -0.15) is 0 Å². The Morgan fingerprint density at radius 1 is 1.25 bits per heavy atom. The first-order valence-corrected chi connectivity index (χ1v) is 7.10. The average molecular weight is 272 g/mol.